The van der Waals surface area contributed by atoms with E-state index in [2.05, 4.69) is 60.6 Å². The number of piperidine rings is 1. The van der Waals surface area contributed by atoms with Crippen molar-refractivity contribution >= 4 is 17.2 Å². The zero-order valence-corrected chi connectivity index (χ0v) is 20.0. The maximum absolute atomic E-state index is 10.5. The average Bonchev–Trinajstić information content (AvgIpc) is 2.66. The Balaban J connectivity index is 2.25. The molecular formula is C23H39N7O. The number of aromatic hydroxyl groups is 1. The van der Waals surface area contributed by atoms with Crippen molar-refractivity contribution in [1.82, 2.24) is 15.6 Å². The summed E-state index contributed by atoms with van der Waals surface area (Å²) in [6.07, 6.45) is 4.16. The van der Waals surface area contributed by atoms with E-state index in [-0.39, 0.29) is 16.8 Å². The molecular weight excluding hydrogens is 390 g/mol. The van der Waals surface area contributed by atoms with E-state index in [1.165, 1.54) is 6.20 Å². The summed E-state index contributed by atoms with van der Waals surface area (Å²) in [4.78, 5) is 2.22. The van der Waals surface area contributed by atoms with Crippen molar-refractivity contribution in [2.75, 3.05) is 7.05 Å². The molecule has 7 N–H and O–H groups in total. The predicted octanol–water partition coefficient (Wildman–Crippen LogP) is 2.89. The smallest absolute Gasteiger partial charge is 0.125 e. The van der Waals surface area contributed by atoms with Crippen LogP contribution in [0.3, 0.4) is 0 Å². The molecule has 31 heavy (non-hydrogen) atoms. The van der Waals surface area contributed by atoms with E-state index in [0.29, 0.717) is 35.0 Å². The van der Waals surface area contributed by atoms with Crippen molar-refractivity contribution in [3.05, 3.63) is 35.5 Å². The van der Waals surface area contributed by atoms with Gasteiger partial charge < -0.3 is 26.5 Å². The van der Waals surface area contributed by atoms with Gasteiger partial charge in [0.15, 0.2) is 0 Å². The summed E-state index contributed by atoms with van der Waals surface area (Å²) in [5, 5.41) is 23.2. The van der Waals surface area contributed by atoms with Crippen molar-refractivity contribution in [2.24, 2.45) is 21.8 Å². The number of hydrogen-bond acceptors (Lipinski definition) is 7. The molecule has 172 valence electrons. The lowest BCUT2D eigenvalue weighted by molar-refractivity contribution is 0.113. The first-order valence-electron chi connectivity index (χ1n) is 10.8. The molecule has 1 aliphatic heterocycles. The number of hydrogen-bond donors (Lipinski definition) is 5. The van der Waals surface area contributed by atoms with Gasteiger partial charge in [0.1, 0.15) is 11.6 Å². The van der Waals surface area contributed by atoms with E-state index in [4.69, 9.17) is 11.6 Å². The molecule has 0 spiro atoms. The molecule has 1 heterocycles. The highest BCUT2D eigenvalue weighted by molar-refractivity contribution is 6.03. The highest BCUT2D eigenvalue weighted by atomic mass is 16.3. The minimum atomic E-state index is 0.0576. The largest absolute Gasteiger partial charge is 0.507 e. The van der Waals surface area contributed by atoms with E-state index < -0.39 is 0 Å². The maximum atomic E-state index is 10.5. The molecule has 2 rings (SSSR count). The first-order chi connectivity index (χ1) is 14.4. The minimum Gasteiger partial charge on any atom is -0.507 e. The Hall–Kier alpha value is -2.58. The normalized spacial score (nSPS) is 19.9. The van der Waals surface area contributed by atoms with Crippen LogP contribution >= 0.6 is 0 Å². The first-order valence-corrected chi connectivity index (χ1v) is 10.8. The summed E-state index contributed by atoms with van der Waals surface area (Å²) < 4.78 is 0. The molecule has 0 radical (unpaired) electrons. The molecule has 1 aliphatic rings. The summed E-state index contributed by atoms with van der Waals surface area (Å²) in [5.74, 6) is 6.22. The highest BCUT2D eigenvalue weighted by Gasteiger charge is 2.39. The Bertz CT molecular complexity index is 855. The van der Waals surface area contributed by atoms with Gasteiger partial charge in [-0.15, -0.1) is 5.10 Å². The van der Waals surface area contributed by atoms with Crippen molar-refractivity contribution in [3.63, 3.8) is 0 Å². The van der Waals surface area contributed by atoms with Crippen LogP contribution < -0.4 is 22.3 Å². The fourth-order valence-corrected chi connectivity index (χ4v) is 4.45. The van der Waals surface area contributed by atoms with Crippen LogP contribution in [0.5, 0.6) is 5.75 Å². The number of nitrogens with one attached hydrogen (secondary N) is 2. The fourth-order valence-electron chi connectivity index (χ4n) is 4.45. The second-order valence-electron chi connectivity index (χ2n) is 9.61. The van der Waals surface area contributed by atoms with Crippen molar-refractivity contribution < 1.29 is 5.11 Å². The predicted molar refractivity (Wildman–Crippen MR) is 130 cm³/mol. The van der Waals surface area contributed by atoms with Gasteiger partial charge in [0.2, 0.25) is 0 Å². The van der Waals surface area contributed by atoms with Gasteiger partial charge in [-0.2, -0.15) is 5.10 Å². The van der Waals surface area contributed by atoms with Crippen LogP contribution in [-0.4, -0.2) is 45.7 Å². The van der Waals surface area contributed by atoms with Crippen LogP contribution in [-0.2, 0) is 0 Å². The SMILES string of the molecule is CC/C(=N\N=C(/C)N(C)C1CC(C)(C)NC(C)(C)C1)c1ccc(/C(N)=C/NN)cc1O. The number of nitrogens with two attached hydrogens (primary N) is 2. The van der Waals surface area contributed by atoms with Crippen LogP contribution in [0.25, 0.3) is 5.70 Å². The molecule has 0 aromatic heterocycles. The monoisotopic (exact) mass is 429 g/mol. The molecule has 0 bridgehead atoms. The van der Waals surface area contributed by atoms with Gasteiger partial charge in [-0.1, -0.05) is 13.0 Å². The Morgan fingerprint density at radius 2 is 1.87 bits per heavy atom. The number of benzene rings is 1. The molecule has 1 aromatic carbocycles. The summed E-state index contributed by atoms with van der Waals surface area (Å²) in [7, 11) is 2.08. The highest BCUT2D eigenvalue weighted by Crippen LogP contribution is 2.31. The quantitative estimate of drug-likeness (QED) is 0.205. The van der Waals surface area contributed by atoms with Gasteiger partial charge in [0, 0.05) is 41.5 Å². The van der Waals surface area contributed by atoms with Gasteiger partial charge in [-0.05, 0) is 66.0 Å². The summed E-state index contributed by atoms with van der Waals surface area (Å²) in [6.45, 7) is 12.9. The van der Waals surface area contributed by atoms with Gasteiger partial charge in [0.05, 0.1) is 11.4 Å². The standard InChI is InChI=1S/C23H39N7O/c1-8-20(18-10-9-16(11-21(18)31)19(24)14-26-25)28-27-15(2)30(7)17-12-22(3,4)29-23(5,6)13-17/h9-11,14,17,26,29,31H,8,12-13,24-25H2,1-7H3/b19-14-,27-15+,28-20+. The first kappa shape index (κ1) is 24.7. The Morgan fingerprint density at radius 1 is 1.26 bits per heavy atom. The van der Waals surface area contributed by atoms with Crippen LogP contribution in [0.2, 0.25) is 0 Å². The van der Waals surface area contributed by atoms with Crippen LogP contribution in [0.15, 0.2) is 34.6 Å². The van der Waals surface area contributed by atoms with Gasteiger partial charge >= 0.3 is 0 Å². The summed E-state index contributed by atoms with van der Waals surface area (Å²) >= 11 is 0. The Labute approximate surface area is 186 Å². The fraction of sp³-hybridized carbons (Fsp3) is 0.565. The topological polar surface area (TPSA) is 124 Å². The summed E-state index contributed by atoms with van der Waals surface area (Å²) in [6, 6.07) is 5.60. The van der Waals surface area contributed by atoms with E-state index in [0.717, 1.165) is 18.7 Å². The van der Waals surface area contributed by atoms with E-state index in [9.17, 15) is 5.11 Å². The third kappa shape index (κ3) is 6.45. The van der Waals surface area contributed by atoms with Crippen LogP contribution in [0, 0.1) is 0 Å². The third-order valence-electron chi connectivity index (χ3n) is 5.76. The van der Waals surface area contributed by atoms with Crippen molar-refractivity contribution in [2.45, 2.75) is 77.9 Å². The molecule has 0 aliphatic carbocycles. The minimum absolute atomic E-state index is 0.0576. The van der Waals surface area contributed by atoms with E-state index in [1.54, 1.807) is 12.1 Å². The average molecular weight is 430 g/mol. The molecule has 1 fully saturated rings. The van der Waals surface area contributed by atoms with Gasteiger partial charge in [0.25, 0.3) is 0 Å². The molecule has 8 nitrogen and oxygen atoms in total. The second kappa shape index (κ2) is 9.70. The molecule has 0 amide bonds. The number of phenolic OH excluding ortho intramolecular Hbond substituents is 1. The maximum Gasteiger partial charge on any atom is 0.125 e. The summed E-state index contributed by atoms with van der Waals surface area (Å²) in [5.41, 5.74) is 10.9. The lowest BCUT2D eigenvalue weighted by Crippen LogP contribution is -2.62. The van der Waals surface area contributed by atoms with Crippen molar-refractivity contribution in [3.8, 4) is 5.75 Å². The Morgan fingerprint density at radius 3 is 2.39 bits per heavy atom. The van der Waals surface area contributed by atoms with Crippen LogP contribution in [0.4, 0.5) is 0 Å². The molecule has 1 saturated heterocycles. The third-order valence-corrected chi connectivity index (χ3v) is 5.76. The zero-order chi connectivity index (χ0) is 23.4. The van der Waals surface area contributed by atoms with E-state index >= 15 is 0 Å². The zero-order valence-electron chi connectivity index (χ0n) is 20.0. The van der Waals surface area contributed by atoms with Crippen molar-refractivity contribution in [1.29, 1.82) is 0 Å². The lowest BCUT2D eigenvalue weighted by atomic mass is 9.79. The van der Waals surface area contributed by atoms with Crippen LogP contribution in [0.1, 0.15) is 71.9 Å². The van der Waals surface area contributed by atoms with E-state index in [1.807, 2.05) is 19.9 Å². The van der Waals surface area contributed by atoms with Gasteiger partial charge in [-0.25, -0.2) is 0 Å². The number of nitrogens with zero attached hydrogens (tertiary/aromatic N) is 3. The molecule has 0 unspecified atom stereocenters. The second-order valence-corrected chi connectivity index (χ2v) is 9.61. The Kier molecular flexibility index (Phi) is 7.72. The number of hydrazine groups is 1. The lowest BCUT2D eigenvalue weighted by Gasteiger charge is -2.49. The number of amidine groups is 1. The molecule has 0 saturated carbocycles. The van der Waals surface area contributed by atoms with Gasteiger partial charge in [-0.3, -0.25) is 5.84 Å². The molecule has 1 aromatic rings. The number of rotatable bonds is 6. The number of phenols is 1. The molecule has 0 atom stereocenters. The molecule has 8 heteroatoms.